The van der Waals surface area contributed by atoms with E-state index in [9.17, 15) is 13.2 Å². The average molecular weight is 508 g/mol. The van der Waals surface area contributed by atoms with Gasteiger partial charge in [-0.15, -0.1) is 0 Å². The van der Waals surface area contributed by atoms with E-state index in [1.807, 2.05) is 10.7 Å². The SMILES string of the molecule is CC(C)n1nc(N2CC(C=O)C2)c2cnc(Nc3ccnc(-c4cnn(S(=O)(=O)C5CC5)c4)n3)cc21. The monoisotopic (exact) mass is 507 g/mol. The molecule has 1 aliphatic carbocycles. The Bertz CT molecular complexity index is 1570. The van der Waals surface area contributed by atoms with Gasteiger partial charge in [0.1, 0.15) is 17.9 Å². The summed E-state index contributed by atoms with van der Waals surface area (Å²) in [5.41, 5.74) is 1.44. The van der Waals surface area contributed by atoms with Crippen LogP contribution < -0.4 is 10.2 Å². The van der Waals surface area contributed by atoms with Crippen molar-refractivity contribution in [1.82, 2.24) is 33.9 Å². The van der Waals surface area contributed by atoms with E-state index in [2.05, 4.69) is 44.1 Å². The van der Waals surface area contributed by atoms with Crippen LogP contribution in [0.3, 0.4) is 0 Å². The summed E-state index contributed by atoms with van der Waals surface area (Å²) in [5, 5.41) is 12.6. The third-order valence-electron chi connectivity index (χ3n) is 6.40. The molecule has 1 saturated heterocycles. The second-order valence-corrected chi connectivity index (χ2v) is 11.6. The van der Waals surface area contributed by atoms with Gasteiger partial charge in [-0.05, 0) is 32.8 Å². The van der Waals surface area contributed by atoms with E-state index in [0.717, 1.165) is 27.1 Å². The van der Waals surface area contributed by atoms with Crippen molar-refractivity contribution in [3.05, 3.63) is 36.9 Å². The maximum absolute atomic E-state index is 12.4. The first kappa shape index (κ1) is 22.6. The first-order chi connectivity index (χ1) is 17.3. The quantitative estimate of drug-likeness (QED) is 0.353. The molecule has 0 unspecified atom stereocenters. The minimum Gasteiger partial charge on any atom is -0.353 e. The molecular formula is C23H25N9O3S. The Labute approximate surface area is 207 Å². The van der Waals surface area contributed by atoms with Crippen LogP contribution in [0.5, 0.6) is 0 Å². The van der Waals surface area contributed by atoms with Crippen LogP contribution >= 0.6 is 0 Å². The van der Waals surface area contributed by atoms with Gasteiger partial charge in [-0.25, -0.2) is 23.4 Å². The molecule has 1 aliphatic heterocycles. The highest BCUT2D eigenvalue weighted by molar-refractivity contribution is 7.90. The Balaban J connectivity index is 1.27. The van der Waals surface area contributed by atoms with Gasteiger partial charge < -0.3 is 15.0 Å². The molecule has 0 amide bonds. The van der Waals surface area contributed by atoms with Crippen LogP contribution in [0.15, 0.2) is 36.9 Å². The topological polar surface area (TPSA) is 141 Å². The van der Waals surface area contributed by atoms with Crippen molar-refractivity contribution in [2.45, 2.75) is 38.0 Å². The van der Waals surface area contributed by atoms with Crippen molar-refractivity contribution in [3.63, 3.8) is 0 Å². The fourth-order valence-electron chi connectivity index (χ4n) is 4.26. The molecule has 0 radical (unpaired) electrons. The van der Waals surface area contributed by atoms with Crippen molar-refractivity contribution in [1.29, 1.82) is 0 Å². The maximum atomic E-state index is 12.4. The molecule has 36 heavy (non-hydrogen) atoms. The van der Waals surface area contributed by atoms with Gasteiger partial charge in [0, 0.05) is 43.5 Å². The Morgan fingerprint density at radius 3 is 2.67 bits per heavy atom. The van der Waals surface area contributed by atoms with Gasteiger partial charge in [-0.2, -0.15) is 14.3 Å². The molecular weight excluding hydrogens is 482 g/mol. The van der Waals surface area contributed by atoms with Gasteiger partial charge in [0.2, 0.25) is 0 Å². The number of nitrogens with zero attached hydrogens (tertiary/aromatic N) is 8. The molecule has 0 atom stereocenters. The molecule has 1 saturated carbocycles. The van der Waals surface area contributed by atoms with Crippen LogP contribution in [-0.4, -0.2) is 67.0 Å². The van der Waals surface area contributed by atoms with E-state index in [4.69, 9.17) is 5.10 Å². The molecule has 4 aromatic rings. The van der Waals surface area contributed by atoms with Crippen LogP contribution in [0.2, 0.25) is 0 Å². The molecule has 0 aromatic carbocycles. The van der Waals surface area contributed by atoms with Crippen molar-refractivity contribution in [3.8, 4) is 11.4 Å². The summed E-state index contributed by atoms with van der Waals surface area (Å²) in [7, 11) is -3.45. The first-order valence-electron chi connectivity index (χ1n) is 11.8. The predicted molar refractivity (Wildman–Crippen MR) is 134 cm³/mol. The molecule has 2 fully saturated rings. The molecule has 13 heteroatoms. The minimum absolute atomic E-state index is 0.0473. The van der Waals surface area contributed by atoms with Gasteiger partial charge in [-0.3, -0.25) is 4.68 Å². The zero-order valence-electron chi connectivity index (χ0n) is 19.8. The van der Waals surface area contributed by atoms with Gasteiger partial charge in [-0.1, -0.05) is 0 Å². The number of aldehydes is 1. The lowest BCUT2D eigenvalue weighted by atomic mass is 10.0. The summed E-state index contributed by atoms with van der Waals surface area (Å²) < 4.78 is 27.8. The Morgan fingerprint density at radius 1 is 1.14 bits per heavy atom. The Kier molecular flexibility index (Phi) is 5.25. The van der Waals surface area contributed by atoms with Crippen LogP contribution in [0.25, 0.3) is 22.3 Å². The number of pyridine rings is 1. The lowest BCUT2D eigenvalue weighted by Gasteiger charge is -2.36. The number of anilines is 3. The third kappa shape index (κ3) is 3.88. The first-order valence-corrected chi connectivity index (χ1v) is 13.3. The second kappa shape index (κ2) is 8.36. The number of carbonyl (C=O) groups excluding carboxylic acids is 1. The summed E-state index contributed by atoms with van der Waals surface area (Å²) in [6.07, 6.45) is 8.60. The molecule has 186 valence electrons. The molecule has 0 bridgehead atoms. The number of aromatic nitrogens is 7. The van der Waals surface area contributed by atoms with E-state index in [-0.39, 0.29) is 17.2 Å². The highest BCUT2D eigenvalue weighted by Gasteiger charge is 2.37. The van der Waals surface area contributed by atoms with Crippen LogP contribution in [-0.2, 0) is 14.8 Å². The summed E-state index contributed by atoms with van der Waals surface area (Å²) >= 11 is 0. The third-order valence-corrected chi connectivity index (χ3v) is 8.43. The van der Waals surface area contributed by atoms with E-state index >= 15 is 0 Å². The summed E-state index contributed by atoms with van der Waals surface area (Å²) in [4.78, 5) is 26.5. The number of hydrogen-bond donors (Lipinski definition) is 1. The number of carbonyl (C=O) groups is 1. The second-order valence-electron chi connectivity index (χ2n) is 9.49. The van der Waals surface area contributed by atoms with Crippen molar-refractivity contribution in [2.75, 3.05) is 23.3 Å². The molecule has 4 aromatic heterocycles. The number of rotatable bonds is 8. The lowest BCUT2D eigenvalue weighted by molar-refractivity contribution is -0.111. The maximum Gasteiger partial charge on any atom is 0.256 e. The molecule has 1 N–H and O–H groups in total. The van der Waals surface area contributed by atoms with E-state index in [1.165, 1.54) is 12.4 Å². The normalized spacial score (nSPS) is 16.5. The summed E-state index contributed by atoms with van der Waals surface area (Å²) in [6, 6.07) is 3.77. The van der Waals surface area contributed by atoms with Crippen LogP contribution in [0, 0.1) is 5.92 Å². The molecule has 6 rings (SSSR count). The minimum atomic E-state index is -3.45. The number of nitrogens with one attached hydrogen (secondary N) is 1. The Morgan fingerprint density at radius 2 is 1.94 bits per heavy atom. The fourth-order valence-corrected chi connectivity index (χ4v) is 5.74. The van der Waals surface area contributed by atoms with Gasteiger partial charge in [0.25, 0.3) is 10.0 Å². The van der Waals surface area contributed by atoms with Gasteiger partial charge in [0.15, 0.2) is 11.6 Å². The van der Waals surface area contributed by atoms with E-state index in [0.29, 0.717) is 49.0 Å². The van der Waals surface area contributed by atoms with Crippen LogP contribution in [0.4, 0.5) is 17.5 Å². The molecule has 5 heterocycles. The largest absolute Gasteiger partial charge is 0.353 e. The van der Waals surface area contributed by atoms with Crippen molar-refractivity contribution < 1.29 is 13.2 Å². The zero-order valence-corrected chi connectivity index (χ0v) is 20.6. The van der Waals surface area contributed by atoms with Gasteiger partial charge >= 0.3 is 0 Å². The van der Waals surface area contributed by atoms with E-state index < -0.39 is 10.0 Å². The van der Waals surface area contributed by atoms with Gasteiger partial charge in [0.05, 0.1) is 34.1 Å². The lowest BCUT2D eigenvalue weighted by Crippen LogP contribution is -2.47. The fraction of sp³-hybridized carbons (Fsp3) is 0.391. The predicted octanol–water partition coefficient (Wildman–Crippen LogP) is 2.38. The number of hydrogen-bond acceptors (Lipinski definition) is 10. The molecule has 0 spiro atoms. The standard InChI is InChI=1S/C23H25N9O3S/c1-14(2)32-19-7-21(25-9-18(19)23(29-32)30-10-15(11-30)13-33)27-20-5-6-24-22(28-20)16-8-26-31(12-16)36(34,35)17-3-4-17/h5-9,12-15,17H,3-4,10-11H2,1-2H3,(H,24,25,27,28). The van der Waals surface area contributed by atoms with Crippen molar-refractivity contribution >= 4 is 44.7 Å². The molecule has 2 aliphatic rings. The smallest absolute Gasteiger partial charge is 0.256 e. The molecule has 12 nitrogen and oxygen atoms in total. The highest BCUT2D eigenvalue weighted by Crippen LogP contribution is 2.33. The zero-order chi connectivity index (χ0) is 25.0. The highest BCUT2D eigenvalue weighted by atomic mass is 32.2. The van der Waals surface area contributed by atoms with Crippen molar-refractivity contribution in [2.24, 2.45) is 5.92 Å². The Hall–Kier alpha value is -3.87. The summed E-state index contributed by atoms with van der Waals surface area (Å²) in [6.45, 7) is 5.45. The average Bonchev–Trinajstić information content (AvgIpc) is 3.46. The van der Waals surface area contributed by atoms with E-state index in [1.54, 1.807) is 18.5 Å². The van der Waals surface area contributed by atoms with Crippen LogP contribution in [0.1, 0.15) is 32.7 Å². The number of fused-ring (bicyclic) bond motifs is 1. The summed E-state index contributed by atoms with van der Waals surface area (Å²) in [5.74, 6) is 2.33.